The molecule has 5 nitrogen and oxygen atoms in total. The third kappa shape index (κ3) is 2.72. The number of carbonyl (C=O) groups is 1. The summed E-state index contributed by atoms with van der Waals surface area (Å²) < 4.78 is 12.9. The number of amides is 1. The molecular formula is C11H7ClFN3O2. The largest absolute Gasteiger partial charge is 0.325 e. The van der Waals surface area contributed by atoms with Crippen molar-refractivity contribution < 1.29 is 9.18 Å². The number of hydrogen-bond acceptors (Lipinski definition) is 3. The molecule has 0 saturated heterocycles. The Kier molecular flexibility index (Phi) is 3.38. The Hall–Kier alpha value is -2.21. The number of benzene rings is 1. The molecule has 0 fully saturated rings. The summed E-state index contributed by atoms with van der Waals surface area (Å²) in [5.74, 6) is -1.11. The van der Waals surface area contributed by atoms with Crippen molar-refractivity contribution in [3.05, 3.63) is 57.5 Å². The van der Waals surface area contributed by atoms with Gasteiger partial charge in [0.1, 0.15) is 11.5 Å². The fourth-order valence-corrected chi connectivity index (χ4v) is 1.42. The first-order chi connectivity index (χ1) is 8.56. The molecule has 0 atom stereocenters. The van der Waals surface area contributed by atoms with Gasteiger partial charge in [-0.05, 0) is 18.2 Å². The van der Waals surface area contributed by atoms with E-state index in [1.54, 1.807) is 0 Å². The van der Waals surface area contributed by atoms with E-state index in [9.17, 15) is 14.0 Å². The summed E-state index contributed by atoms with van der Waals surface area (Å²) in [6, 6.07) is 3.78. The minimum Gasteiger partial charge on any atom is -0.325 e. The van der Waals surface area contributed by atoms with Gasteiger partial charge in [0.2, 0.25) is 0 Å². The number of H-pyrrole nitrogens is 1. The minimum atomic E-state index is -0.572. The maximum Gasteiger partial charge on any atom is 0.275 e. The van der Waals surface area contributed by atoms with Gasteiger partial charge < -0.3 is 10.3 Å². The lowest BCUT2D eigenvalue weighted by Crippen LogP contribution is -2.16. The van der Waals surface area contributed by atoms with Crippen LogP contribution in [-0.4, -0.2) is 15.9 Å². The van der Waals surface area contributed by atoms with Gasteiger partial charge in [0.05, 0.1) is 11.2 Å². The van der Waals surface area contributed by atoms with Crippen molar-refractivity contribution in [1.29, 1.82) is 0 Å². The molecule has 0 spiro atoms. The van der Waals surface area contributed by atoms with Crippen LogP contribution < -0.4 is 10.9 Å². The zero-order valence-electron chi connectivity index (χ0n) is 8.91. The van der Waals surface area contributed by atoms with Crippen molar-refractivity contribution in [1.82, 2.24) is 9.97 Å². The molecule has 92 valence electrons. The number of nitrogens with zero attached hydrogens (tertiary/aromatic N) is 1. The standard InChI is InChI=1S/C11H7ClFN3O2/c12-7-3-6(1-2-8(7)13)16-11(18)9-4-15-10(17)5-14-9/h1-5H,(H,15,17)(H,16,18). The van der Waals surface area contributed by atoms with Gasteiger partial charge in [0.25, 0.3) is 11.5 Å². The normalized spacial score (nSPS) is 10.1. The Balaban J connectivity index is 2.18. The van der Waals surface area contributed by atoms with E-state index < -0.39 is 17.3 Å². The molecule has 0 saturated carbocycles. The van der Waals surface area contributed by atoms with E-state index in [2.05, 4.69) is 15.3 Å². The summed E-state index contributed by atoms with van der Waals surface area (Å²) in [7, 11) is 0. The van der Waals surface area contributed by atoms with Crippen molar-refractivity contribution in [3.8, 4) is 0 Å². The summed E-state index contributed by atoms with van der Waals surface area (Å²) in [6.45, 7) is 0. The van der Waals surface area contributed by atoms with E-state index in [1.807, 2.05) is 0 Å². The second kappa shape index (κ2) is 4.97. The van der Waals surface area contributed by atoms with Crippen molar-refractivity contribution in [2.24, 2.45) is 0 Å². The average Bonchev–Trinajstić information content (AvgIpc) is 2.34. The van der Waals surface area contributed by atoms with E-state index in [0.29, 0.717) is 5.69 Å². The molecule has 1 aromatic heterocycles. The molecule has 2 N–H and O–H groups in total. The summed E-state index contributed by atoms with van der Waals surface area (Å²) in [5, 5.41) is 2.38. The molecule has 2 aromatic rings. The second-order valence-electron chi connectivity index (χ2n) is 3.38. The van der Waals surface area contributed by atoms with Crippen molar-refractivity contribution in [2.45, 2.75) is 0 Å². The topological polar surface area (TPSA) is 74.8 Å². The third-order valence-electron chi connectivity index (χ3n) is 2.08. The lowest BCUT2D eigenvalue weighted by molar-refractivity contribution is 0.102. The number of halogens is 2. The van der Waals surface area contributed by atoms with Gasteiger partial charge in [0, 0.05) is 11.9 Å². The molecule has 1 aromatic carbocycles. The van der Waals surface area contributed by atoms with E-state index in [-0.39, 0.29) is 10.7 Å². The molecule has 0 aliphatic carbocycles. The molecule has 2 rings (SSSR count). The van der Waals surface area contributed by atoms with E-state index in [0.717, 1.165) is 12.3 Å². The summed E-state index contributed by atoms with van der Waals surface area (Å²) >= 11 is 5.57. The first-order valence-electron chi connectivity index (χ1n) is 4.87. The van der Waals surface area contributed by atoms with Crippen LogP contribution in [0.15, 0.2) is 35.4 Å². The molecule has 18 heavy (non-hydrogen) atoms. The number of nitrogens with one attached hydrogen (secondary N) is 2. The van der Waals surface area contributed by atoms with E-state index >= 15 is 0 Å². The first kappa shape index (κ1) is 12.3. The van der Waals surface area contributed by atoms with Crippen molar-refractivity contribution >= 4 is 23.2 Å². The van der Waals surface area contributed by atoms with Crippen LogP contribution in [0.5, 0.6) is 0 Å². The predicted molar refractivity (Wildman–Crippen MR) is 64.2 cm³/mol. The summed E-state index contributed by atoms with van der Waals surface area (Å²) in [5.41, 5.74) is -0.0363. The third-order valence-corrected chi connectivity index (χ3v) is 2.37. The number of hydrogen-bond donors (Lipinski definition) is 2. The van der Waals surface area contributed by atoms with Crippen LogP contribution in [0.1, 0.15) is 10.5 Å². The number of aromatic amines is 1. The van der Waals surface area contributed by atoms with Crippen LogP contribution >= 0.6 is 11.6 Å². The highest BCUT2D eigenvalue weighted by molar-refractivity contribution is 6.31. The smallest absolute Gasteiger partial charge is 0.275 e. The fourth-order valence-electron chi connectivity index (χ4n) is 1.24. The number of aromatic nitrogens is 2. The van der Waals surface area contributed by atoms with Crippen molar-refractivity contribution in [2.75, 3.05) is 5.32 Å². The maximum absolute atomic E-state index is 12.9. The van der Waals surface area contributed by atoms with Gasteiger partial charge in [0.15, 0.2) is 0 Å². The lowest BCUT2D eigenvalue weighted by Gasteiger charge is -2.04. The highest BCUT2D eigenvalue weighted by atomic mass is 35.5. The lowest BCUT2D eigenvalue weighted by atomic mass is 10.3. The molecule has 1 heterocycles. The minimum absolute atomic E-state index is 0.0371. The number of anilines is 1. The van der Waals surface area contributed by atoms with Crippen LogP contribution in [0.25, 0.3) is 0 Å². The molecule has 0 unspecified atom stereocenters. The Morgan fingerprint density at radius 1 is 1.44 bits per heavy atom. The number of rotatable bonds is 2. The fraction of sp³-hybridized carbons (Fsp3) is 0. The Bertz CT molecular complexity index is 636. The summed E-state index contributed by atoms with van der Waals surface area (Å²) in [4.78, 5) is 28.4. The van der Waals surface area contributed by atoms with Crippen molar-refractivity contribution in [3.63, 3.8) is 0 Å². The Morgan fingerprint density at radius 3 is 2.83 bits per heavy atom. The van der Waals surface area contributed by atoms with Gasteiger partial charge in [-0.25, -0.2) is 9.37 Å². The molecule has 0 aliphatic heterocycles. The van der Waals surface area contributed by atoms with Crippen LogP contribution in [-0.2, 0) is 0 Å². The zero-order valence-corrected chi connectivity index (χ0v) is 9.66. The first-order valence-corrected chi connectivity index (χ1v) is 5.25. The van der Waals surface area contributed by atoms with E-state index in [1.165, 1.54) is 18.3 Å². The second-order valence-corrected chi connectivity index (χ2v) is 3.79. The molecule has 0 aliphatic rings. The van der Waals surface area contributed by atoms with Crippen LogP contribution in [0, 0.1) is 5.82 Å². The summed E-state index contributed by atoms with van der Waals surface area (Å²) in [6.07, 6.45) is 2.18. The zero-order chi connectivity index (χ0) is 13.1. The molecule has 0 radical (unpaired) electrons. The molecular weight excluding hydrogens is 261 g/mol. The van der Waals surface area contributed by atoms with Gasteiger partial charge >= 0.3 is 0 Å². The average molecular weight is 268 g/mol. The van der Waals surface area contributed by atoms with E-state index in [4.69, 9.17) is 11.6 Å². The monoisotopic (exact) mass is 267 g/mol. The SMILES string of the molecule is O=C(Nc1ccc(F)c(Cl)c1)c1c[nH]c(=O)cn1. The van der Waals surface area contributed by atoms with Gasteiger partial charge in [-0.2, -0.15) is 0 Å². The quantitative estimate of drug-likeness (QED) is 0.871. The van der Waals surface area contributed by atoms with Crippen LogP contribution in [0.3, 0.4) is 0 Å². The Labute approximate surface area is 106 Å². The molecule has 1 amide bonds. The predicted octanol–water partition coefficient (Wildman–Crippen LogP) is 1.81. The Morgan fingerprint density at radius 2 is 2.22 bits per heavy atom. The number of carbonyl (C=O) groups excluding carboxylic acids is 1. The highest BCUT2D eigenvalue weighted by Gasteiger charge is 2.08. The van der Waals surface area contributed by atoms with Crippen LogP contribution in [0.2, 0.25) is 5.02 Å². The highest BCUT2D eigenvalue weighted by Crippen LogP contribution is 2.19. The molecule has 0 bridgehead atoms. The molecule has 7 heteroatoms. The van der Waals surface area contributed by atoms with Gasteiger partial charge in [-0.15, -0.1) is 0 Å². The van der Waals surface area contributed by atoms with Crippen LogP contribution in [0.4, 0.5) is 10.1 Å². The van der Waals surface area contributed by atoms with Gasteiger partial charge in [-0.1, -0.05) is 11.6 Å². The van der Waals surface area contributed by atoms with Gasteiger partial charge in [-0.3, -0.25) is 9.59 Å². The maximum atomic E-state index is 12.9.